The smallest absolute Gasteiger partial charge is 0.264 e. The average Bonchev–Trinajstić information content (AvgIpc) is 2.80. The largest absolute Gasteiger partial charge is 0.350 e. The maximum absolute atomic E-state index is 13.7. The van der Waals surface area contributed by atoms with Gasteiger partial charge in [0.2, 0.25) is 0 Å². The summed E-state index contributed by atoms with van der Waals surface area (Å²) >= 11 is 3.28. The van der Waals surface area contributed by atoms with Crippen LogP contribution in [0.1, 0.15) is 31.1 Å². The standard InChI is InChI=1S/C17H12BrFN2O3/c18-11-4-1-3-10(9-11)15(22)20-7-8-21-16(23)12-5-2-6-13(19)14(12)17(21)24/h1-6,9H,7-8H2,(H,20,22). The van der Waals surface area contributed by atoms with E-state index in [-0.39, 0.29) is 30.1 Å². The molecule has 1 aliphatic heterocycles. The molecular formula is C17H12BrFN2O3. The van der Waals surface area contributed by atoms with Gasteiger partial charge in [0.25, 0.3) is 17.7 Å². The third kappa shape index (κ3) is 2.94. The normalized spacial score (nSPS) is 13.2. The maximum atomic E-state index is 13.7. The molecule has 5 nitrogen and oxygen atoms in total. The first-order valence-corrected chi connectivity index (χ1v) is 7.97. The van der Waals surface area contributed by atoms with Crippen LogP contribution in [0.25, 0.3) is 0 Å². The van der Waals surface area contributed by atoms with Crippen molar-refractivity contribution in [3.05, 3.63) is 69.4 Å². The number of amides is 3. The molecule has 0 saturated carbocycles. The van der Waals surface area contributed by atoms with Crippen molar-refractivity contribution in [3.8, 4) is 0 Å². The molecule has 1 heterocycles. The first kappa shape index (κ1) is 16.3. The summed E-state index contributed by atoms with van der Waals surface area (Å²) in [5.41, 5.74) is 0.303. The molecule has 3 amide bonds. The molecule has 2 aromatic rings. The first-order chi connectivity index (χ1) is 11.5. The molecule has 0 fully saturated rings. The Bertz CT molecular complexity index is 853. The van der Waals surface area contributed by atoms with Crippen molar-refractivity contribution in [2.24, 2.45) is 0 Å². The molecule has 24 heavy (non-hydrogen) atoms. The van der Waals surface area contributed by atoms with Crippen molar-refractivity contribution in [3.63, 3.8) is 0 Å². The van der Waals surface area contributed by atoms with Gasteiger partial charge in [-0.1, -0.05) is 28.1 Å². The van der Waals surface area contributed by atoms with Crippen molar-refractivity contribution in [1.82, 2.24) is 10.2 Å². The van der Waals surface area contributed by atoms with Crippen molar-refractivity contribution in [1.29, 1.82) is 0 Å². The fourth-order valence-electron chi connectivity index (χ4n) is 2.51. The van der Waals surface area contributed by atoms with Crippen molar-refractivity contribution in [2.45, 2.75) is 0 Å². The second-order valence-corrected chi connectivity index (χ2v) is 6.11. The number of benzene rings is 2. The number of fused-ring (bicyclic) bond motifs is 1. The Morgan fingerprint density at radius 1 is 1.12 bits per heavy atom. The fraction of sp³-hybridized carbons (Fsp3) is 0.118. The number of carbonyl (C=O) groups excluding carboxylic acids is 3. The van der Waals surface area contributed by atoms with Gasteiger partial charge in [-0.25, -0.2) is 4.39 Å². The van der Waals surface area contributed by atoms with E-state index in [4.69, 9.17) is 0 Å². The second-order valence-electron chi connectivity index (χ2n) is 5.19. The van der Waals surface area contributed by atoms with Crippen LogP contribution in [-0.2, 0) is 0 Å². The number of hydrogen-bond acceptors (Lipinski definition) is 3. The molecular weight excluding hydrogens is 379 g/mol. The predicted octanol–water partition coefficient (Wildman–Crippen LogP) is 2.61. The van der Waals surface area contributed by atoms with Gasteiger partial charge in [0.05, 0.1) is 11.1 Å². The van der Waals surface area contributed by atoms with Gasteiger partial charge in [-0.3, -0.25) is 19.3 Å². The van der Waals surface area contributed by atoms with Crippen LogP contribution in [0.5, 0.6) is 0 Å². The Labute approximate surface area is 145 Å². The Hall–Kier alpha value is -2.54. The highest BCUT2D eigenvalue weighted by Gasteiger charge is 2.37. The molecule has 0 unspecified atom stereocenters. The van der Waals surface area contributed by atoms with Gasteiger partial charge in [-0.15, -0.1) is 0 Å². The highest BCUT2D eigenvalue weighted by Crippen LogP contribution is 2.24. The summed E-state index contributed by atoms with van der Waals surface area (Å²) in [6.45, 7) is 0.0595. The molecule has 0 aliphatic carbocycles. The number of hydrogen-bond donors (Lipinski definition) is 1. The van der Waals surface area contributed by atoms with Crippen molar-refractivity contribution >= 4 is 33.7 Å². The molecule has 0 radical (unpaired) electrons. The van der Waals surface area contributed by atoms with Crippen LogP contribution in [0.4, 0.5) is 4.39 Å². The lowest BCUT2D eigenvalue weighted by Gasteiger charge is -2.14. The van der Waals surface area contributed by atoms with Crippen LogP contribution >= 0.6 is 15.9 Å². The Morgan fingerprint density at radius 3 is 2.58 bits per heavy atom. The number of rotatable bonds is 4. The van der Waals surface area contributed by atoms with Gasteiger partial charge in [-0.2, -0.15) is 0 Å². The predicted molar refractivity (Wildman–Crippen MR) is 88.2 cm³/mol. The number of nitrogens with zero attached hydrogens (tertiary/aromatic N) is 1. The van der Waals surface area contributed by atoms with Crippen LogP contribution in [0.2, 0.25) is 0 Å². The van der Waals surface area contributed by atoms with Crippen molar-refractivity contribution < 1.29 is 18.8 Å². The Kier molecular flexibility index (Phi) is 4.44. The zero-order valence-corrected chi connectivity index (χ0v) is 14.0. The minimum atomic E-state index is -0.716. The van der Waals surface area contributed by atoms with Gasteiger partial charge >= 0.3 is 0 Å². The van der Waals surface area contributed by atoms with Crippen LogP contribution in [0.3, 0.4) is 0 Å². The molecule has 0 aromatic heterocycles. The van der Waals surface area contributed by atoms with Crippen LogP contribution < -0.4 is 5.32 Å². The molecule has 0 atom stereocenters. The van der Waals surface area contributed by atoms with E-state index in [2.05, 4.69) is 21.2 Å². The fourth-order valence-corrected chi connectivity index (χ4v) is 2.91. The molecule has 3 rings (SSSR count). The molecule has 1 N–H and O–H groups in total. The van der Waals surface area contributed by atoms with Gasteiger partial charge < -0.3 is 5.32 Å². The second kappa shape index (κ2) is 6.52. The Balaban J connectivity index is 1.64. The van der Waals surface area contributed by atoms with E-state index >= 15 is 0 Å². The molecule has 0 spiro atoms. The van der Waals surface area contributed by atoms with Gasteiger partial charge in [-0.05, 0) is 30.3 Å². The maximum Gasteiger partial charge on any atom is 0.264 e. The summed E-state index contributed by atoms with van der Waals surface area (Å²) in [4.78, 5) is 37.3. The minimum Gasteiger partial charge on any atom is -0.350 e. The van der Waals surface area contributed by atoms with Crippen LogP contribution in [0.15, 0.2) is 46.9 Å². The third-order valence-corrected chi connectivity index (χ3v) is 4.15. The van der Waals surface area contributed by atoms with E-state index in [0.717, 1.165) is 15.4 Å². The van der Waals surface area contributed by atoms with Gasteiger partial charge in [0, 0.05) is 23.1 Å². The topological polar surface area (TPSA) is 66.5 Å². The van der Waals surface area contributed by atoms with E-state index in [9.17, 15) is 18.8 Å². The van der Waals surface area contributed by atoms with E-state index < -0.39 is 17.6 Å². The molecule has 1 aliphatic rings. The van der Waals surface area contributed by atoms with Gasteiger partial charge in [0.1, 0.15) is 5.82 Å². The zero-order valence-electron chi connectivity index (χ0n) is 12.4. The number of carbonyl (C=O) groups is 3. The lowest BCUT2D eigenvalue weighted by molar-refractivity contribution is 0.0648. The van der Waals surface area contributed by atoms with Gasteiger partial charge in [0.15, 0.2) is 0 Å². The average molecular weight is 391 g/mol. The Morgan fingerprint density at radius 2 is 1.88 bits per heavy atom. The number of halogens is 2. The van der Waals surface area contributed by atoms with E-state index in [1.54, 1.807) is 24.3 Å². The highest BCUT2D eigenvalue weighted by atomic mass is 79.9. The monoisotopic (exact) mass is 390 g/mol. The molecule has 2 aromatic carbocycles. The summed E-state index contributed by atoms with van der Waals surface area (Å²) in [7, 11) is 0. The SMILES string of the molecule is O=C(NCCN1C(=O)c2cccc(F)c2C1=O)c1cccc(Br)c1. The summed E-state index contributed by atoms with van der Waals surface area (Å²) in [6, 6.07) is 10.8. The van der Waals surface area contributed by atoms with E-state index in [0.29, 0.717) is 5.56 Å². The lowest BCUT2D eigenvalue weighted by Crippen LogP contribution is -2.38. The van der Waals surface area contributed by atoms with E-state index in [1.165, 1.54) is 12.1 Å². The number of imide groups is 1. The van der Waals surface area contributed by atoms with E-state index in [1.807, 2.05) is 0 Å². The summed E-state index contributed by atoms with van der Waals surface area (Å²) in [5, 5.41) is 2.64. The molecule has 122 valence electrons. The third-order valence-electron chi connectivity index (χ3n) is 3.66. The molecule has 7 heteroatoms. The number of nitrogens with one attached hydrogen (secondary N) is 1. The minimum absolute atomic E-state index is 0.0223. The van der Waals surface area contributed by atoms with Crippen LogP contribution in [-0.4, -0.2) is 35.7 Å². The summed E-state index contributed by atoms with van der Waals surface area (Å²) in [5.74, 6) is -2.26. The first-order valence-electron chi connectivity index (χ1n) is 7.17. The molecule has 0 bridgehead atoms. The molecule has 0 saturated heterocycles. The lowest BCUT2D eigenvalue weighted by atomic mass is 10.1. The quantitative estimate of drug-likeness (QED) is 0.815. The van der Waals surface area contributed by atoms with Crippen LogP contribution in [0, 0.1) is 5.82 Å². The summed E-state index contributed by atoms with van der Waals surface area (Å²) in [6.07, 6.45) is 0. The highest BCUT2D eigenvalue weighted by molar-refractivity contribution is 9.10. The summed E-state index contributed by atoms with van der Waals surface area (Å²) < 4.78 is 14.5. The van der Waals surface area contributed by atoms with Crippen molar-refractivity contribution in [2.75, 3.05) is 13.1 Å². The zero-order chi connectivity index (χ0) is 17.3.